The van der Waals surface area contributed by atoms with Crippen molar-refractivity contribution in [3.8, 4) is 0 Å². The molecule has 0 aliphatic carbocycles. The molecule has 3 aromatic heterocycles. The lowest BCUT2D eigenvalue weighted by atomic mass is 10.1. The molecule has 8 heteroatoms. The summed E-state index contributed by atoms with van der Waals surface area (Å²) in [6, 6.07) is 5.75. The molecule has 0 aromatic carbocycles. The molecule has 0 saturated carbocycles. The van der Waals surface area contributed by atoms with E-state index in [0.717, 1.165) is 43.1 Å². The number of carbonyl (C=O) groups is 1. The number of anilines is 1. The second-order valence-corrected chi connectivity index (χ2v) is 6.47. The van der Waals surface area contributed by atoms with Crippen LogP contribution in [-0.4, -0.2) is 49.4 Å². The van der Waals surface area contributed by atoms with E-state index in [4.69, 9.17) is 0 Å². The average Bonchev–Trinajstić information content (AvgIpc) is 3.21. The highest BCUT2D eigenvalue weighted by Gasteiger charge is 2.24. The molecule has 130 valence electrons. The molecule has 0 radical (unpaired) electrons. The highest BCUT2D eigenvalue weighted by Crippen LogP contribution is 2.19. The Bertz CT molecular complexity index is 893. The minimum atomic E-state index is -0.116. The van der Waals surface area contributed by atoms with Gasteiger partial charge in [0.2, 0.25) is 0 Å². The van der Waals surface area contributed by atoms with Crippen molar-refractivity contribution >= 4 is 17.4 Å². The van der Waals surface area contributed by atoms with Crippen LogP contribution in [-0.2, 0) is 7.05 Å². The zero-order valence-corrected chi connectivity index (χ0v) is 14.4. The summed E-state index contributed by atoms with van der Waals surface area (Å²) in [6.07, 6.45) is 5.62. The number of amides is 1. The summed E-state index contributed by atoms with van der Waals surface area (Å²) < 4.78 is 3.46. The van der Waals surface area contributed by atoms with E-state index in [1.807, 2.05) is 38.4 Å². The average molecular weight is 339 g/mol. The molecule has 1 aliphatic heterocycles. The van der Waals surface area contributed by atoms with Crippen LogP contribution in [0.1, 0.15) is 29.0 Å². The molecule has 0 spiro atoms. The van der Waals surface area contributed by atoms with Crippen molar-refractivity contribution in [3.63, 3.8) is 0 Å². The van der Waals surface area contributed by atoms with E-state index >= 15 is 0 Å². The maximum Gasteiger partial charge on any atom is 0.272 e. The lowest BCUT2D eigenvalue weighted by molar-refractivity contribution is 0.0927. The summed E-state index contributed by atoms with van der Waals surface area (Å²) >= 11 is 0. The SMILES string of the molecule is Cc1cc(C(=O)NC2CCCN(c3ccn4nccc4n3)C2)nn1C. The monoisotopic (exact) mass is 339 g/mol. The Morgan fingerprint density at radius 3 is 3.04 bits per heavy atom. The number of fused-ring (bicyclic) bond motifs is 1. The van der Waals surface area contributed by atoms with Gasteiger partial charge in [0.15, 0.2) is 5.65 Å². The lowest BCUT2D eigenvalue weighted by Crippen LogP contribution is -2.48. The Hall–Kier alpha value is -2.90. The predicted octanol–water partition coefficient (Wildman–Crippen LogP) is 1.17. The number of aromatic nitrogens is 5. The lowest BCUT2D eigenvalue weighted by Gasteiger charge is -2.33. The molecule has 1 atom stereocenters. The van der Waals surface area contributed by atoms with Gasteiger partial charge in [0.1, 0.15) is 11.5 Å². The van der Waals surface area contributed by atoms with Crippen LogP contribution in [0.15, 0.2) is 30.6 Å². The quantitative estimate of drug-likeness (QED) is 0.775. The van der Waals surface area contributed by atoms with Gasteiger partial charge in [-0.05, 0) is 31.9 Å². The van der Waals surface area contributed by atoms with Crippen LogP contribution < -0.4 is 10.2 Å². The highest BCUT2D eigenvalue weighted by molar-refractivity contribution is 5.92. The molecule has 4 rings (SSSR count). The van der Waals surface area contributed by atoms with Crippen molar-refractivity contribution in [1.82, 2.24) is 29.7 Å². The van der Waals surface area contributed by atoms with Gasteiger partial charge in [0, 0.05) is 44.1 Å². The molecular formula is C17H21N7O. The molecule has 1 aliphatic rings. The molecule has 1 amide bonds. The van der Waals surface area contributed by atoms with Crippen LogP contribution in [0.4, 0.5) is 5.82 Å². The third-order valence-electron chi connectivity index (χ3n) is 4.67. The molecule has 0 bridgehead atoms. The first-order chi connectivity index (χ1) is 12.1. The topological polar surface area (TPSA) is 80.3 Å². The molecular weight excluding hydrogens is 318 g/mol. The van der Waals surface area contributed by atoms with Crippen molar-refractivity contribution in [2.24, 2.45) is 7.05 Å². The number of hydrogen-bond acceptors (Lipinski definition) is 5. The van der Waals surface area contributed by atoms with E-state index < -0.39 is 0 Å². The number of rotatable bonds is 3. The van der Waals surface area contributed by atoms with Gasteiger partial charge >= 0.3 is 0 Å². The van der Waals surface area contributed by atoms with Crippen LogP contribution >= 0.6 is 0 Å². The normalized spacial score (nSPS) is 17.8. The van der Waals surface area contributed by atoms with E-state index in [1.165, 1.54) is 0 Å². The number of carbonyl (C=O) groups excluding carboxylic acids is 1. The summed E-state index contributed by atoms with van der Waals surface area (Å²) in [5, 5.41) is 11.5. The van der Waals surface area contributed by atoms with Crippen LogP contribution in [0.3, 0.4) is 0 Å². The van der Waals surface area contributed by atoms with E-state index in [1.54, 1.807) is 15.4 Å². The molecule has 1 saturated heterocycles. The van der Waals surface area contributed by atoms with Crippen LogP contribution in [0.2, 0.25) is 0 Å². The Morgan fingerprint density at radius 2 is 2.24 bits per heavy atom. The Kier molecular flexibility index (Phi) is 3.87. The van der Waals surface area contributed by atoms with Gasteiger partial charge in [0.05, 0.1) is 6.20 Å². The van der Waals surface area contributed by atoms with Gasteiger partial charge in [0.25, 0.3) is 5.91 Å². The summed E-state index contributed by atoms with van der Waals surface area (Å²) in [5.74, 6) is 0.801. The van der Waals surface area contributed by atoms with Crippen LogP contribution in [0, 0.1) is 6.92 Å². The second-order valence-electron chi connectivity index (χ2n) is 6.47. The predicted molar refractivity (Wildman–Crippen MR) is 93.6 cm³/mol. The summed E-state index contributed by atoms with van der Waals surface area (Å²) in [7, 11) is 1.84. The van der Waals surface area contributed by atoms with Gasteiger partial charge < -0.3 is 10.2 Å². The number of hydrogen-bond donors (Lipinski definition) is 1. The van der Waals surface area contributed by atoms with Crippen molar-refractivity contribution in [1.29, 1.82) is 0 Å². The van der Waals surface area contributed by atoms with Gasteiger partial charge in [-0.3, -0.25) is 9.48 Å². The minimum Gasteiger partial charge on any atom is -0.354 e. The largest absolute Gasteiger partial charge is 0.354 e. The molecule has 8 nitrogen and oxygen atoms in total. The number of nitrogens with zero attached hydrogens (tertiary/aromatic N) is 6. The first kappa shape index (κ1) is 15.6. The second kappa shape index (κ2) is 6.19. The molecule has 25 heavy (non-hydrogen) atoms. The summed E-state index contributed by atoms with van der Waals surface area (Å²) in [6.45, 7) is 3.62. The van der Waals surface area contributed by atoms with Crippen molar-refractivity contribution in [3.05, 3.63) is 42.0 Å². The van der Waals surface area contributed by atoms with Gasteiger partial charge in [-0.25, -0.2) is 9.50 Å². The van der Waals surface area contributed by atoms with E-state index in [-0.39, 0.29) is 11.9 Å². The maximum atomic E-state index is 12.4. The Balaban J connectivity index is 1.46. The highest BCUT2D eigenvalue weighted by atomic mass is 16.2. The fourth-order valence-corrected chi connectivity index (χ4v) is 3.21. The third-order valence-corrected chi connectivity index (χ3v) is 4.67. The molecule has 1 unspecified atom stereocenters. The van der Waals surface area contributed by atoms with E-state index in [0.29, 0.717) is 5.69 Å². The van der Waals surface area contributed by atoms with Crippen molar-refractivity contribution < 1.29 is 4.79 Å². The van der Waals surface area contributed by atoms with E-state index in [9.17, 15) is 4.79 Å². The first-order valence-electron chi connectivity index (χ1n) is 8.47. The molecule has 4 heterocycles. The summed E-state index contributed by atoms with van der Waals surface area (Å²) in [5.41, 5.74) is 2.26. The van der Waals surface area contributed by atoms with Gasteiger partial charge in [-0.1, -0.05) is 0 Å². The van der Waals surface area contributed by atoms with Crippen molar-refractivity contribution in [2.75, 3.05) is 18.0 Å². The zero-order valence-electron chi connectivity index (χ0n) is 14.4. The molecule has 1 N–H and O–H groups in total. The molecule has 3 aromatic rings. The zero-order chi connectivity index (χ0) is 17.4. The Labute approximate surface area is 145 Å². The van der Waals surface area contributed by atoms with Crippen LogP contribution in [0.25, 0.3) is 5.65 Å². The third kappa shape index (κ3) is 3.07. The van der Waals surface area contributed by atoms with Crippen molar-refractivity contribution in [2.45, 2.75) is 25.8 Å². The maximum absolute atomic E-state index is 12.4. The summed E-state index contributed by atoms with van der Waals surface area (Å²) in [4.78, 5) is 19.3. The number of nitrogens with one attached hydrogen (secondary N) is 1. The smallest absolute Gasteiger partial charge is 0.272 e. The van der Waals surface area contributed by atoms with E-state index in [2.05, 4.69) is 25.4 Å². The standard InChI is InChI=1S/C17H21N7O/c1-12-10-14(21-22(12)2)17(25)19-13-4-3-8-23(11-13)15-6-9-24-16(20-15)5-7-18-24/h5-7,9-10,13H,3-4,8,11H2,1-2H3,(H,19,25). The minimum absolute atomic E-state index is 0.0894. The number of aryl methyl sites for hydroxylation is 2. The van der Waals surface area contributed by atoms with Gasteiger partial charge in [-0.15, -0.1) is 0 Å². The first-order valence-corrected chi connectivity index (χ1v) is 8.47. The van der Waals surface area contributed by atoms with Crippen LogP contribution in [0.5, 0.6) is 0 Å². The number of piperidine rings is 1. The Morgan fingerprint density at radius 1 is 1.36 bits per heavy atom. The fourth-order valence-electron chi connectivity index (χ4n) is 3.21. The molecule has 1 fully saturated rings. The van der Waals surface area contributed by atoms with Gasteiger partial charge in [-0.2, -0.15) is 10.2 Å². The fraction of sp³-hybridized carbons (Fsp3) is 0.412.